The van der Waals surface area contributed by atoms with E-state index in [-0.39, 0.29) is 12.6 Å². The van der Waals surface area contributed by atoms with E-state index in [1.165, 1.54) is 0 Å². The molecule has 0 saturated carbocycles. The largest absolute Gasteiger partial charge is 0.463 e. The molecule has 0 amide bonds. The van der Waals surface area contributed by atoms with E-state index in [9.17, 15) is 0 Å². The topological polar surface area (TPSA) is 98.0 Å². The van der Waals surface area contributed by atoms with Gasteiger partial charge in [-0.2, -0.15) is 15.0 Å². The number of aromatic nitrogens is 5. The summed E-state index contributed by atoms with van der Waals surface area (Å²) >= 11 is 0. The molecule has 0 aliphatic heterocycles. The number of imidazole rings is 1. The molecule has 2 aromatic heterocycles. The lowest BCUT2D eigenvalue weighted by molar-refractivity contribution is 0.224. The van der Waals surface area contributed by atoms with Crippen LogP contribution < -0.4 is 10.1 Å². The minimum absolute atomic E-state index is 0.0698. The summed E-state index contributed by atoms with van der Waals surface area (Å²) in [6.45, 7) is 3.25. The molecule has 8 heteroatoms. The average Bonchev–Trinajstić information content (AvgIpc) is 2.99. The van der Waals surface area contributed by atoms with E-state index in [1.807, 2.05) is 0 Å². The van der Waals surface area contributed by atoms with Gasteiger partial charge in [-0.15, -0.1) is 0 Å². The first-order chi connectivity index (χ1) is 9.83. The van der Waals surface area contributed by atoms with Crippen molar-refractivity contribution in [3.63, 3.8) is 0 Å². The van der Waals surface area contributed by atoms with Crippen molar-refractivity contribution in [2.24, 2.45) is 0 Å². The number of rotatable bonds is 8. The Kier molecular flexibility index (Phi) is 5.24. The lowest BCUT2D eigenvalue weighted by atomic mass is 10.5. The highest BCUT2D eigenvalue weighted by atomic mass is 16.5. The molecular weight excluding hydrogens is 260 g/mol. The van der Waals surface area contributed by atoms with Gasteiger partial charge in [0.2, 0.25) is 11.9 Å². The van der Waals surface area contributed by atoms with Crippen molar-refractivity contribution in [2.45, 2.75) is 19.8 Å². The molecular formula is C12H18N6O2. The van der Waals surface area contributed by atoms with Gasteiger partial charge in [-0.3, -0.25) is 4.57 Å². The summed E-state index contributed by atoms with van der Waals surface area (Å²) in [6, 6.07) is 0.232. The van der Waals surface area contributed by atoms with Crippen LogP contribution in [0.25, 0.3) is 5.95 Å². The molecule has 8 nitrogen and oxygen atoms in total. The molecule has 0 bridgehead atoms. The molecule has 0 radical (unpaired) electrons. The van der Waals surface area contributed by atoms with Crippen molar-refractivity contribution >= 4 is 5.95 Å². The fraction of sp³-hybridized carbons (Fsp3) is 0.500. The second kappa shape index (κ2) is 7.39. The van der Waals surface area contributed by atoms with Crippen molar-refractivity contribution < 1.29 is 9.84 Å². The van der Waals surface area contributed by atoms with Gasteiger partial charge in [0.05, 0.1) is 6.61 Å². The van der Waals surface area contributed by atoms with Crippen LogP contribution in [0.1, 0.15) is 19.8 Å². The number of anilines is 1. The van der Waals surface area contributed by atoms with Crippen LogP contribution in [0.15, 0.2) is 18.7 Å². The van der Waals surface area contributed by atoms with Crippen LogP contribution in [0.3, 0.4) is 0 Å². The molecule has 0 aliphatic rings. The predicted molar refractivity (Wildman–Crippen MR) is 72.9 cm³/mol. The molecule has 2 heterocycles. The third kappa shape index (κ3) is 3.89. The van der Waals surface area contributed by atoms with Crippen molar-refractivity contribution in [3.05, 3.63) is 18.7 Å². The maximum Gasteiger partial charge on any atom is 0.323 e. The third-order valence-electron chi connectivity index (χ3n) is 2.41. The van der Waals surface area contributed by atoms with Gasteiger partial charge in [0.25, 0.3) is 0 Å². The van der Waals surface area contributed by atoms with Crippen LogP contribution in [0.4, 0.5) is 5.95 Å². The Morgan fingerprint density at radius 3 is 2.95 bits per heavy atom. The van der Waals surface area contributed by atoms with Crippen LogP contribution in [0.2, 0.25) is 0 Å². The molecule has 0 saturated heterocycles. The second-order valence-corrected chi connectivity index (χ2v) is 4.06. The summed E-state index contributed by atoms with van der Waals surface area (Å²) in [7, 11) is 0. The van der Waals surface area contributed by atoms with Gasteiger partial charge >= 0.3 is 6.01 Å². The quantitative estimate of drug-likeness (QED) is 0.684. The number of aliphatic hydroxyl groups is 1. The first-order valence-electron chi connectivity index (χ1n) is 6.55. The van der Waals surface area contributed by atoms with Gasteiger partial charge in [-0.05, 0) is 6.42 Å². The standard InChI is InChI=1S/C12H18N6O2/c1-2-4-14-10-15-11(18-6-5-13-9-18)17-12(16-10)20-8-3-7-19/h5-6,9,19H,2-4,7-8H2,1H3,(H,14,15,16,17). The normalized spacial score (nSPS) is 10.5. The van der Waals surface area contributed by atoms with E-state index in [1.54, 1.807) is 23.3 Å². The van der Waals surface area contributed by atoms with Gasteiger partial charge in [-0.1, -0.05) is 6.92 Å². The van der Waals surface area contributed by atoms with Crippen LogP contribution in [-0.4, -0.2) is 49.4 Å². The molecule has 0 fully saturated rings. The second-order valence-electron chi connectivity index (χ2n) is 4.06. The van der Waals surface area contributed by atoms with E-state index in [2.05, 4.69) is 32.2 Å². The smallest absolute Gasteiger partial charge is 0.323 e. The maximum atomic E-state index is 8.76. The highest BCUT2D eigenvalue weighted by Gasteiger charge is 2.08. The Labute approximate surface area is 116 Å². The minimum Gasteiger partial charge on any atom is -0.463 e. The summed E-state index contributed by atoms with van der Waals surface area (Å²) in [5.74, 6) is 0.902. The molecule has 0 aromatic carbocycles. The predicted octanol–water partition coefficient (Wildman–Crippen LogP) is 0.640. The summed E-state index contributed by atoms with van der Waals surface area (Å²) in [6.07, 6.45) is 6.50. The van der Waals surface area contributed by atoms with Crippen molar-refractivity contribution in [3.8, 4) is 12.0 Å². The van der Waals surface area contributed by atoms with Crippen LogP contribution in [0.5, 0.6) is 6.01 Å². The highest BCUT2D eigenvalue weighted by molar-refractivity contribution is 5.30. The lowest BCUT2D eigenvalue weighted by Crippen LogP contribution is -2.11. The first-order valence-corrected chi connectivity index (χ1v) is 6.55. The number of aliphatic hydroxyl groups excluding tert-OH is 1. The minimum atomic E-state index is 0.0698. The van der Waals surface area contributed by atoms with Crippen LogP contribution in [0, 0.1) is 0 Å². The van der Waals surface area contributed by atoms with Gasteiger partial charge < -0.3 is 15.2 Å². The Hall–Kier alpha value is -2.22. The summed E-state index contributed by atoms with van der Waals surface area (Å²) in [5.41, 5.74) is 0. The average molecular weight is 278 g/mol. The van der Waals surface area contributed by atoms with Crippen molar-refractivity contribution in [1.29, 1.82) is 0 Å². The maximum absolute atomic E-state index is 8.76. The molecule has 0 atom stereocenters. The summed E-state index contributed by atoms with van der Waals surface area (Å²) in [4.78, 5) is 16.7. The van der Waals surface area contributed by atoms with Crippen molar-refractivity contribution in [2.75, 3.05) is 25.1 Å². The fourth-order valence-electron chi connectivity index (χ4n) is 1.45. The highest BCUT2D eigenvalue weighted by Crippen LogP contribution is 2.11. The Morgan fingerprint density at radius 2 is 2.25 bits per heavy atom. The molecule has 108 valence electrons. The monoisotopic (exact) mass is 278 g/mol. The van der Waals surface area contributed by atoms with Gasteiger partial charge in [-0.25, -0.2) is 4.98 Å². The Balaban J connectivity index is 2.19. The van der Waals surface area contributed by atoms with Crippen molar-refractivity contribution in [1.82, 2.24) is 24.5 Å². The van der Waals surface area contributed by atoms with Gasteiger partial charge in [0, 0.05) is 32.0 Å². The van der Waals surface area contributed by atoms with E-state index >= 15 is 0 Å². The molecule has 0 aliphatic carbocycles. The summed E-state index contributed by atoms with van der Waals surface area (Å²) < 4.78 is 7.09. The number of nitrogens with one attached hydrogen (secondary N) is 1. The molecule has 2 rings (SSSR count). The number of nitrogens with zero attached hydrogens (tertiary/aromatic N) is 5. The third-order valence-corrected chi connectivity index (χ3v) is 2.41. The Morgan fingerprint density at radius 1 is 1.35 bits per heavy atom. The van der Waals surface area contributed by atoms with E-state index < -0.39 is 0 Å². The zero-order valence-corrected chi connectivity index (χ0v) is 11.4. The Bertz CT molecular complexity index is 517. The number of hydrogen-bond donors (Lipinski definition) is 2. The molecule has 2 aromatic rings. The van der Waals surface area contributed by atoms with Crippen LogP contribution >= 0.6 is 0 Å². The SMILES string of the molecule is CCCNc1nc(OCCCO)nc(-n2ccnc2)n1. The fourth-order valence-corrected chi connectivity index (χ4v) is 1.45. The van der Waals surface area contributed by atoms with E-state index in [0.29, 0.717) is 24.9 Å². The van der Waals surface area contributed by atoms with E-state index in [0.717, 1.165) is 13.0 Å². The molecule has 0 spiro atoms. The van der Waals surface area contributed by atoms with Crippen LogP contribution in [-0.2, 0) is 0 Å². The molecule has 20 heavy (non-hydrogen) atoms. The zero-order chi connectivity index (χ0) is 14.2. The van der Waals surface area contributed by atoms with E-state index in [4.69, 9.17) is 9.84 Å². The number of ether oxygens (including phenoxy) is 1. The summed E-state index contributed by atoms with van der Waals surface area (Å²) in [5, 5.41) is 11.9. The molecule has 0 unspecified atom stereocenters. The first kappa shape index (κ1) is 14.2. The van der Waals surface area contributed by atoms with Gasteiger partial charge in [0.15, 0.2) is 0 Å². The number of hydrogen-bond acceptors (Lipinski definition) is 7. The van der Waals surface area contributed by atoms with Gasteiger partial charge in [0.1, 0.15) is 6.33 Å². The molecule has 2 N–H and O–H groups in total. The zero-order valence-electron chi connectivity index (χ0n) is 11.4. The lowest BCUT2D eigenvalue weighted by Gasteiger charge is -2.09.